The van der Waals surface area contributed by atoms with Gasteiger partial charge in [0.2, 0.25) is 0 Å². The largest absolute Gasteiger partial charge is 0.481 e. The van der Waals surface area contributed by atoms with Gasteiger partial charge in [0.15, 0.2) is 0 Å². The normalized spacial score (nSPS) is 27.2. The average Bonchev–Trinajstić information content (AvgIpc) is 2.39. The lowest BCUT2D eigenvalue weighted by atomic mass is 9.70. The summed E-state index contributed by atoms with van der Waals surface area (Å²) >= 11 is 0. The van der Waals surface area contributed by atoms with E-state index in [0.717, 1.165) is 31.2 Å². The molecule has 1 fully saturated rings. The van der Waals surface area contributed by atoms with Crippen LogP contribution in [-0.4, -0.2) is 11.1 Å². The van der Waals surface area contributed by atoms with E-state index in [0.29, 0.717) is 12.3 Å². The second kappa shape index (κ2) is 6.18. The van der Waals surface area contributed by atoms with Crippen molar-refractivity contribution in [2.24, 2.45) is 11.8 Å². The Kier molecular flexibility index (Phi) is 4.56. The van der Waals surface area contributed by atoms with E-state index in [9.17, 15) is 14.3 Å². The highest BCUT2D eigenvalue weighted by Gasteiger charge is 2.35. The molecule has 0 bridgehead atoms. The van der Waals surface area contributed by atoms with E-state index < -0.39 is 5.97 Å². The van der Waals surface area contributed by atoms with Crippen LogP contribution in [0.5, 0.6) is 0 Å². The van der Waals surface area contributed by atoms with Crippen LogP contribution in [0.3, 0.4) is 0 Å². The monoisotopic (exact) mass is 264 g/mol. The number of carboxylic acids is 1. The average molecular weight is 264 g/mol. The summed E-state index contributed by atoms with van der Waals surface area (Å²) in [4.78, 5) is 11.4. The van der Waals surface area contributed by atoms with Gasteiger partial charge in [0, 0.05) is 0 Å². The van der Waals surface area contributed by atoms with Crippen molar-refractivity contribution in [3.8, 4) is 0 Å². The third-order valence-corrected chi connectivity index (χ3v) is 4.25. The van der Waals surface area contributed by atoms with Gasteiger partial charge >= 0.3 is 5.97 Å². The Hall–Kier alpha value is -1.38. The lowest BCUT2D eigenvalue weighted by molar-refractivity contribution is -0.143. The molecule has 3 heteroatoms. The first-order valence-corrected chi connectivity index (χ1v) is 7.10. The minimum Gasteiger partial charge on any atom is -0.481 e. The molecular formula is C16H21FO2. The molecule has 0 aliphatic heterocycles. The van der Waals surface area contributed by atoms with Gasteiger partial charge in [-0.15, -0.1) is 0 Å². The number of hydrogen-bond acceptors (Lipinski definition) is 1. The van der Waals surface area contributed by atoms with Gasteiger partial charge in [0.05, 0.1) is 5.92 Å². The molecule has 2 nitrogen and oxygen atoms in total. The standard InChI is InChI=1S/C16H21FO2/c1-2-4-11-7-8-14(16(18)19)15(9-11)12-5-3-6-13(17)10-12/h3,5-6,10-11,14-15H,2,4,7-9H2,1H3,(H,18,19). The molecule has 1 saturated carbocycles. The number of rotatable bonds is 4. The van der Waals surface area contributed by atoms with Crippen LogP contribution in [0.2, 0.25) is 0 Å². The van der Waals surface area contributed by atoms with E-state index in [1.165, 1.54) is 12.1 Å². The Morgan fingerprint density at radius 1 is 1.42 bits per heavy atom. The highest BCUT2D eigenvalue weighted by Crippen LogP contribution is 2.42. The number of hydrogen-bond donors (Lipinski definition) is 1. The van der Waals surface area contributed by atoms with Crippen molar-refractivity contribution in [1.29, 1.82) is 0 Å². The Balaban J connectivity index is 2.22. The van der Waals surface area contributed by atoms with E-state index in [1.807, 2.05) is 6.07 Å². The van der Waals surface area contributed by atoms with Crippen molar-refractivity contribution in [2.45, 2.75) is 44.9 Å². The molecule has 0 radical (unpaired) electrons. The van der Waals surface area contributed by atoms with Crippen molar-refractivity contribution < 1.29 is 14.3 Å². The van der Waals surface area contributed by atoms with Gasteiger partial charge in [-0.25, -0.2) is 4.39 Å². The maximum absolute atomic E-state index is 13.3. The molecule has 0 saturated heterocycles. The first kappa shape index (κ1) is 14.0. The van der Waals surface area contributed by atoms with Crippen molar-refractivity contribution in [2.75, 3.05) is 0 Å². The zero-order valence-corrected chi connectivity index (χ0v) is 11.3. The minimum atomic E-state index is -0.746. The number of halogens is 1. The molecule has 1 N–H and O–H groups in total. The molecule has 3 unspecified atom stereocenters. The molecule has 1 aromatic carbocycles. The van der Waals surface area contributed by atoms with Crippen LogP contribution in [0.4, 0.5) is 4.39 Å². The summed E-state index contributed by atoms with van der Waals surface area (Å²) in [5.41, 5.74) is 0.841. The van der Waals surface area contributed by atoms with Gasteiger partial charge in [0.1, 0.15) is 5.82 Å². The predicted octanol–water partition coefficient (Wildman–Crippen LogP) is 4.21. The first-order chi connectivity index (χ1) is 9.11. The number of benzene rings is 1. The van der Waals surface area contributed by atoms with Crippen LogP contribution in [0.25, 0.3) is 0 Å². The zero-order valence-electron chi connectivity index (χ0n) is 11.3. The van der Waals surface area contributed by atoms with Gasteiger partial charge in [0.25, 0.3) is 0 Å². The summed E-state index contributed by atoms with van der Waals surface area (Å²) in [6, 6.07) is 6.44. The zero-order chi connectivity index (χ0) is 13.8. The Morgan fingerprint density at radius 3 is 2.84 bits per heavy atom. The molecule has 104 valence electrons. The van der Waals surface area contributed by atoms with Crippen LogP contribution in [0, 0.1) is 17.7 Å². The fourth-order valence-electron chi connectivity index (χ4n) is 3.33. The number of carboxylic acid groups (broad SMARTS) is 1. The van der Waals surface area contributed by atoms with Crippen LogP contribution in [0.1, 0.15) is 50.5 Å². The summed E-state index contributed by atoms with van der Waals surface area (Å²) < 4.78 is 13.3. The molecule has 1 aliphatic rings. The topological polar surface area (TPSA) is 37.3 Å². The van der Waals surface area contributed by atoms with E-state index >= 15 is 0 Å². The van der Waals surface area contributed by atoms with Crippen molar-refractivity contribution >= 4 is 5.97 Å². The number of carbonyl (C=O) groups is 1. The van der Waals surface area contributed by atoms with Gasteiger partial charge in [-0.3, -0.25) is 4.79 Å². The Morgan fingerprint density at radius 2 is 2.21 bits per heavy atom. The molecule has 2 rings (SSSR count). The summed E-state index contributed by atoms with van der Waals surface area (Å²) in [5.74, 6) is -0.856. The fourth-order valence-corrected chi connectivity index (χ4v) is 3.33. The second-order valence-electron chi connectivity index (χ2n) is 5.57. The maximum Gasteiger partial charge on any atom is 0.307 e. The quantitative estimate of drug-likeness (QED) is 0.884. The van der Waals surface area contributed by atoms with Crippen LogP contribution >= 0.6 is 0 Å². The van der Waals surface area contributed by atoms with Crippen molar-refractivity contribution in [1.82, 2.24) is 0 Å². The van der Waals surface area contributed by atoms with E-state index in [2.05, 4.69) is 6.92 Å². The van der Waals surface area contributed by atoms with Gasteiger partial charge in [-0.2, -0.15) is 0 Å². The minimum absolute atomic E-state index is 0.0431. The molecule has 0 heterocycles. The fraction of sp³-hybridized carbons (Fsp3) is 0.562. The van der Waals surface area contributed by atoms with E-state index in [1.54, 1.807) is 6.07 Å². The molecule has 0 amide bonds. The molecular weight excluding hydrogens is 243 g/mol. The molecule has 19 heavy (non-hydrogen) atoms. The SMILES string of the molecule is CCCC1CCC(C(=O)O)C(c2cccc(F)c2)C1. The third kappa shape index (κ3) is 3.34. The first-order valence-electron chi connectivity index (χ1n) is 7.10. The molecule has 1 aliphatic carbocycles. The third-order valence-electron chi connectivity index (χ3n) is 4.25. The lowest BCUT2D eigenvalue weighted by Gasteiger charge is -2.34. The predicted molar refractivity (Wildman–Crippen MR) is 72.5 cm³/mol. The highest BCUT2D eigenvalue weighted by molar-refractivity contribution is 5.71. The molecule has 3 atom stereocenters. The lowest BCUT2D eigenvalue weighted by Crippen LogP contribution is -2.29. The second-order valence-corrected chi connectivity index (χ2v) is 5.57. The van der Waals surface area contributed by atoms with Crippen LogP contribution in [-0.2, 0) is 4.79 Å². The van der Waals surface area contributed by atoms with Crippen LogP contribution in [0.15, 0.2) is 24.3 Å². The molecule has 0 spiro atoms. The summed E-state index contributed by atoms with van der Waals surface area (Å²) in [6.45, 7) is 2.15. The van der Waals surface area contributed by atoms with Crippen molar-refractivity contribution in [3.63, 3.8) is 0 Å². The smallest absolute Gasteiger partial charge is 0.307 e. The molecule has 1 aromatic rings. The van der Waals surface area contributed by atoms with Crippen molar-refractivity contribution in [3.05, 3.63) is 35.6 Å². The van der Waals surface area contributed by atoms with Gasteiger partial charge in [-0.05, 0) is 48.8 Å². The van der Waals surface area contributed by atoms with Gasteiger partial charge in [-0.1, -0.05) is 31.9 Å². The van der Waals surface area contributed by atoms with Crippen LogP contribution < -0.4 is 0 Å². The van der Waals surface area contributed by atoms with Gasteiger partial charge < -0.3 is 5.11 Å². The summed E-state index contributed by atoms with van der Waals surface area (Å²) in [5, 5.41) is 9.36. The van der Waals surface area contributed by atoms with E-state index in [4.69, 9.17) is 0 Å². The Bertz CT molecular complexity index is 444. The summed E-state index contributed by atoms with van der Waals surface area (Å²) in [6.07, 6.45) is 4.82. The van der Waals surface area contributed by atoms with E-state index in [-0.39, 0.29) is 17.7 Å². The number of aliphatic carboxylic acids is 1. The summed E-state index contributed by atoms with van der Waals surface area (Å²) in [7, 11) is 0. The Labute approximate surface area is 113 Å². The highest BCUT2D eigenvalue weighted by atomic mass is 19.1. The molecule has 0 aromatic heterocycles. The maximum atomic E-state index is 13.3.